The second kappa shape index (κ2) is 5.96. The van der Waals surface area contributed by atoms with Crippen LogP contribution < -0.4 is 15.3 Å². The van der Waals surface area contributed by atoms with Crippen molar-refractivity contribution in [2.75, 3.05) is 7.11 Å². The summed E-state index contributed by atoms with van der Waals surface area (Å²) in [5.41, 5.74) is 0.717. The summed E-state index contributed by atoms with van der Waals surface area (Å²) in [4.78, 5) is 0. The van der Waals surface area contributed by atoms with E-state index in [0.717, 1.165) is 18.4 Å². The predicted octanol–water partition coefficient (Wildman–Crippen LogP) is 2.96. The van der Waals surface area contributed by atoms with E-state index in [0.29, 0.717) is 16.5 Å². The Morgan fingerprint density at radius 3 is 2.67 bits per heavy atom. The smallest absolute Gasteiger partial charge is 0.163 e. The van der Waals surface area contributed by atoms with Crippen molar-refractivity contribution in [3.63, 3.8) is 0 Å². The third-order valence-corrected chi connectivity index (χ3v) is 3.42. The van der Waals surface area contributed by atoms with Gasteiger partial charge in [0.25, 0.3) is 0 Å². The van der Waals surface area contributed by atoms with Crippen LogP contribution in [0.4, 0.5) is 0 Å². The molecule has 1 fully saturated rings. The summed E-state index contributed by atoms with van der Waals surface area (Å²) >= 11 is 6.14. The van der Waals surface area contributed by atoms with Crippen LogP contribution in [0.1, 0.15) is 31.2 Å². The summed E-state index contributed by atoms with van der Waals surface area (Å²) < 4.78 is 11.2. The molecule has 18 heavy (non-hydrogen) atoms. The average Bonchev–Trinajstić information content (AvgIpc) is 2.85. The van der Waals surface area contributed by atoms with Crippen molar-refractivity contribution in [3.8, 4) is 11.5 Å². The summed E-state index contributed by atoms with van der Waals surface area (Å²) in [5, 5.41) is 4.02. The molecule has 0 amide bonds. The van der Waals surface area contributed by atoms with Gasteiger partial charge in [0.05, 0.1) is 24.5 Å². The van der Waals surface area contributed by atoms with E-state index in [9.17, 15) is 0 Å². The first-order valence-electron chi connectivity index (χ1n) is 6.02. The molecule has 2 N–H and O–H groups in total. The van der Waals surface area contributed by atoms with Crippen LogP contribution in [0, 0.1) is 0 Å². The first kappa shape index (κ1) is 13.0. The highest BCUT2D eigenvalue weighted by Crippen LogP contribution is 2.35. The molecular formula is C13H17ClN2O2. The molecule has 5 heteroatoms. The molecule has 2 rings (SSSR count). The van der Waals surface area contributed by atoms with Crippen molar-refractivity contribution < 1.29 is 9.47 Å². The molecule has 4 nitrogen and oxygen atoms in total. The van der Waals surface area contributed by atoms with E-state index in [1.165, 1.54) is 19.1 Å². The highest BCUT2D eigenvalue weighted by molar-refractivity contribution is 6.33. The first-order valence-corrected chi connectivity index (χ1v) is 6.40. The Labute approximate surface area is 112 Å². The Kier molecular flexibility index (Phi) is 4.31. The molecular weight excluding hydrogens is 252 g/mol. The van der Waals surface area contributed by atoms with Crippen LogP contribution in [-0.2, 0) is 0 Å². The Morgan fingerprint density at radius 1 is 1.33 bits per heavy atom. The number of ether oxygens (including phenoxy) is 2. The Morgan fingerprint density at radius 2 is 2.06 bits per heavy atom. The molecule has 0 aromatic heterocycles. The minimum atomic E-state index is 0.268. The quantitative estimate of drug-likeness (QED) is 0.519. The second-order valence-corrected chi connectivity index (χ2v) is 4.73. The van der Waals surface area contributed by atoms with Gasteiger partial charge in [-0.15, -0.1) is 0 Å². The normalized spacial score (nSPS) is 16.3. The van der Waals surface area contributed by atoms with E-state index in [1.807, 2.05) is 0 Å². The van der Waals surface area contributed by atoms with E-state index in [1.54, 1.807) is 19.2 Å². The zero-order valence-corrected chi connectivity index (χ0v) is 11.1. The molecule has 0 radical (unpaired) electrons. The van der Waals surface area contributed by atoms with Gasteiger partial charge in [-0.25, -0.2) is 0 Å². The van der Waals surface area contributed by atoms with Gasteiger partial charge in [-0.05, 0) is 31.7 Å². The van der Waals surface area contributed by atoms with Crippen molar-refractivity contribution in [1.29, 1.82) is 0 Å². The maximum Gasteiger partial charge on any atom is 0.163 e. The lowest BCUT2D eigenvalue weighted by molar-refractivity contribution is 0.201. The van der Waals surface area contributed by atoms with E-state index in [-0.39, 0.29) is 6.10 Å². The summed E-state index contributed by atoms with van der Waals surface area (Å²) in [6.07, 6.45) is 6.38. The SMILES string of the molecule is COc1cc(C=NN)c(Cl)cc1OC1CCCC1. The molecule has 0 atom stereocenters. The number of nitrogens with zero attached hydrogens (tertiary/aromatic N) is 1. The minimum Gasteiger partial charge on any atom is -0.493 e. The van der Waals surface area contributed by atoms with Crippen molar-refractivity contribution in [1.82, 2.24) is 0 Å². The van der Waals surface area contributed by atoms with Crippen LogP contribution in [0.3, 0.4) is 0 Å². The number of hydrogen-bond acceptors (Lipinski definition) is 4. The maximum atomic E-state index is 6.14. The topological polar surface area (TPSA) is 56.8 Å². The van der Waals surface area contributed by atoms with E-state index in [2.05, 4.69) is 5.10 Å². The van der Waals surface area contributed by atoms with Crippen molar-refractivity contribution in [2.24, 2.45) is 10.9 Å². The Balaban J connectivity index is 2.25. The van der Waals surface area contributed by atoms with Crippen LogP contribution in [0.5, 0.6) is 11.5 Å². The van der Waals surface area contributed by atoms with Gasteiger partial charge in [-0.3, -0.25) is 0 Å². The number of methoxy groups -OCH3 is 1. The van der Waals surface area contributed by atoms with Gasteiger partial charge >= 0.3 is 0 Å². The van der Waals surface area contributed by atoms with Gasteiger partial charge in [0.15, 0.2) is 11.5 Å². The monoisotopic (exact) mass is 268 g/mol. The highest BCUT2D eigenvalue weighted by atomic mass is 35.5. The molecule has 1 aliphatic carbocycles. The zero-order chi connectivity index (χ0) is 13.0. The van der Waals surface area contributed by atoms with Gasteiger partial charge in [0.1, 0.15) is 0 Å². The zero-order valence-electron chi connectivity index (χ0n) is 10.4. The Bertz CT molecular complexity index is 443. The minimum absolute atomic E-state index is 0.268. The molecule has 0 spiro atoms. The number of hydrogen-bond donors (Lipinski definition) is 1. The fourth-order valence-electron chi connectivity index (χ4n) is 2.17. The van der Waals surface area contributed by atoms with Crippen molar-refractivity contribution >= 4 is 17.8 Å². The summed E-state index contributed by atoms with van der Waals surface area (Å²) in [6.45, 7) is 0. The average molecular weight is 269 g/mol. The fourth-order valence-corrected chi connectivity index (χ4v) is 2.37. The molecule has 0 saturated heterocycles. The van der Waals surface area contributed by atoms with Crippen LogP contribution in [-0.4, -0.2) is 19.4 Å². The maximum absolute atomic E-state index is 6.14. The van der Waals surface area contributed by atoms with Gasteiger partial charge in [0.2, 0.25) is 0 Å². The molecule has 1 aliphatic rings. The molecule has 0 aliphatic heterocycles. The van der Waals surface area contributed by atoms with Crippen LogP contribution in [0.2, 0.25) is 5.02 Å². The molecule has 98 valence electrons. The van der Waals surface area contributed by atoms with Crippen LogP contribution in [0.15, 0.2) is 17.2 Å². The highest BCUT2D eigenvalue weighted by Gasteiger charge is 2.19. The Hall–Kier alpha value is -1.42. The van der Waals surface area contributed by atoms with Crippen LogP contribution >= 0.6 is 11.6 Å². The van der Waals surface area contributed by atoms with E-state index in [4.69, 9.17) is 26.9 Å². The van der Waals surface area contributed by atoms with Crippen molar-refractivity contribution in [3.05, 3.63) is 22.7 Å². The molecule has 1 aromatic carbocycles. The lowest BCUT2D eigenvalue weighted by Crippen LogP contribution is -2.11. The van der Waals surface area contributed by atoms with Crippen molar-refractivity contribution in [2.45, 2.75) is 31.8 Å². The number of benzene rings is 1. The predicted molar refractivity (Wildman–Crippen MR) is 72.7 cm³/mol. The largest absolute Gasteiger partial charge is 0.493 e. The lowest BCUT2D eigenvalue weighted by atomic mass is 10.2. The number of hydrazone groups is 1. The lowest BCUT2D eigenvalue weighted by Gasteiger charge is -2.16. The second-order valence-electron chi connectivity index (χ2n) is 4.33. The number of rotatable bonds is 4. The van der Waals surface area contributed by atoms with Gasteiger partial charge in [-0.1, -0.05) is 11.6 Å². The molecule has 0 bridgehead atoms. The molecule has 1 aromatic rings. The summed E-state index contributed by atoms with van der Waals surface area (Å²) in [7, 11) is 1.61. The first-order chi connectivity index (χ1) is 8.74. The summed E-state index contributed by atoms with van der Waals surface area (Å²) in [6, 6.07) is 3.54. The third-order valence-electron chi connectivity index (χ3n) is 3.09. The fraction of sp³-hybridized carbons (Fsp3) is 0.462. The van der Waals surface area contributed by atoms with E-state index < -0.39 is 0 Å². The molecule has 0 heterocycles. The van der Waals surface area contributed by atoms with Gasteiger partial charge < -0.3 is 15.3 Å². The van der Waals surface area contributed by atoms with Gasteiger partial charge in [-0.2, -0.15) is 5.10 Å². The van der Waals surface area contributed by atoms with E-state index >= 15 is 0 Å². The van der Waals surface area contributed by atoms with Crippen LogP contribution in [0.25, 0.3) is 0 Å². The molecule has 1 saturated carbocycles. The summed E-state index contributed by atoms with van der Waals surface area (Å²) in [5.74, 6) is 6.47. The third kappa shape index (κ3) is 2.88. The molecule has 0 unspecified atom stereocenters. The number of nitrogens with two attached hydrogens (primary N) is 1. The standard InChI is InChI=1S/C13H17ClN2O2/c1-17-12-6-9(8-16-15)11(14)7-13(12)18-10-4-2-3-5-10/h6-8,10H,2-5,15H2,1H3. The number of halogens is 1. The van der Waals surface area contributed by atoms with Gasteiger partial charge in [0, 0.05) is 11.6 Å².